The summed E-state index contributed by atoms with van der Waals surface area (Å²) in [6.07, 6.45) is 8.94. The van der Waals surface area contributed by atoms with Crippen molar-refractivity contribution in [2.24, 2.45) is 0 Å². The van der Waals surface area contributed by atoms with E-state index in [0.717, 1.165) is 5.69 Å². The molecule has 2 unspecified atom stereocenters. The maximum atomic E-state index is 3.48. The molecule has 0 amide bonds. The molecule has 0 aromatic heterocycles. The van der Waals surface area contributed by atoms with E-state index in [0.29, 0.717) is 11.2 Å². The molecule has 4 rings (SSSR count). The first-order valence-electron chi connectivity index (χ1n) is 6.88. The highest BCUT2D eigenvalue weighted by Crippen LogP contribution is 2.48. The molecule has 0 radical (unpaired) electrons. The van der Waals surface area contributed by atoms with E-state index < -0.39 is 0 Å². The number of para-hydroxylation sites is 1. The second-order valence-electron chi connectivity index (χ2n) is 5.12. The SMILES string of the molecule is C1=CC2Sc3ccc(Nc4ccccc4)cc3C2C=C1. The van der Waals surface area contributed by atoms with Gasteiger partial charge in [0.1, 0.15) is 0 Å². The second-order valence-corrected chi connectivity index (χ2v) is 6.34. The van der Waals surface area contributed by atoms with Crippen LogP contribution in [-0.2, 0) is 0 Å². The molecule has 1 aliphatic heterocycles. The lowest BCUT2D eigenvalue weighted by molar-refractivity contribution is 0.881. The predicted molar refractivity (Wildman–Crippen MR) is 86.8 cm³/mol. The molecule has 0 saturated carbocycles. The van der Waals surface area contributed by atoms with Crippen LogP contribution in [0.2, 0.25) is 0 Å². The summed E-state index contributed by atoms with van der Waals surface area (Å²) in [4.78, 5) is 1.41. The maximum Gasteiger partial charge on any atom is 0.0388 e. The number of nitrogens with one attached hydrogen (secondary N) is 1. The molecular weight excluding hydrogens is 262 g/mol. The first-order valence-corrected chi connectivity index (χ1v) is 7.76. The molecule has 1 heterocycles. The Balaban J connectivity index is 1.66. The van der Waals surface area contributed by atoms with Crippen LogP contribution < -0.4 is 5.32 Å². The number of thioether (sulfide) groups is 1. The van der Waals surface area contributed by atoms with Crippen LogP contribution >= 0.6 is 11.8 Å². The summed E-state index contributed by atoms with van der Waals surface area (Å²) >= 11 is 1.97. The molecule has 2 aromatic rings. The van der Waals surface area contributed by atoms with Crippen LogP contribution in [0.1, 0.15) is 11.5 Å². The molecule has 98 valence electrons. The van der Waals surface area contributed by atoms with Gasteiger partial charge in [-0.25, -0.2) is 0 Å². The first-order chi connectivity index (χ1) is 9.90. The van der Waals surface area contributed by atoms with Crippen molar-refractivity contribution in [3.8, 4) is 0 Å². The molecule has 0 fully saturated rings. The topological polar surface area (TPSA) is 12.0 Å². The quantitative estimate of drug-likeness (QED) is 0.818. The van der Waals surface area contributed by atoms with Gasteiger partial charge >= 0.3 is 0 Å². The van der Waals surface area contributed by atoms with Crippen molar-refractivity contribution in [1.29, 1.82) is 0 Å². The number of hydrogen-bond donors (Lipinski definition) is 1. The van der Waals surface area contributed by atoms with Gasteiger partial charge in [0, 0.05) is 27.4 Å². The van der Waals surface area contributed by atoms with Crippen molar-refractivity contribution in [2.75, 3.05) is 5.32 Å². The summed E-state index contributed by atoms with van der Waals surface area (Å²) in [5.74, 6) is 0.525. The number of fused-ring (bicyclic) bond motifs is 3. The standard InChI is InChI=1S/C18H15NS/c1-2-6-13(7-3-1)19-14-10-11-18-16(12-14)15-8-4-5-9-17(15)20-18/h1-12,15,17,19H. The molecule has 0 spiro atoms. The Kier molecular flexibility index (Phi) is 2.89. The molecule has 20 heavy (non-hydrogen) atoms. The third-order valence-electron chi connectivity index (χ3n) is 3.78. The van der Waals surface area contributed by atoms with Crippen LogP contribution in [0.25, 0.3) is 0 Å². The number of benzene rings is 2. The van der Waals surface area contributed by atoms with E-state index in [1.807, 2.05) is 17.8 Å². The fourth-order valence-corrected chi connectivity index (χ4v) is 4.13. The molecular formula is C18H15NS. The van der Waals surface area contributed by atoms with E-state index in [1.54, 1.807) is 0 Å². The van der Waals surface area contributed by atoms with E-state index in [-0.39, 0.29) is 0 Å². The average molecular weight is 277 g/mol. The smallest absolute Gasteiger partial charge is 0.0388 e. The molecule has 0 bridgehead atoms. The summed E-state index contributed by atoms with van der Waals surface area (Å²) in [5, 5.41) is 4.05. The van der Waals surface area contributed by atoms with Crippen molar-refractivity contribution in [2.45, 2.75) is 16.1 Å². The molecule has 2 aliphatic rings. The molecule has 1 aliphatic carbocycles. The molecule has 0 saturated heterocycles. The highest BCUT2D eigenvalue weighted by Gasteiger charge is 2.30. The van der Waals surface area contributed by atoms with Gasteiger partial charge in [0.2, 0.25) is 0 Å². The Morgan fingerprint density at radius 1 is 0.850 bits per heavy atom. The van der Waals surface area contributed by atoms with Crippen LogP contribution in [0.4, 0.5) is 11.4 Å². The summed E-state index contributed by atoms with van der Waals surface area (Å²) in [6, 6.07) is 17.0. The van der Waals surface area contributed by atoms with Gasteiger partial charge in [-0.05, 0) is 35.9 Å². The zero-order valence-corrected chi connectivity index (χ0v) is 11.8. The third-order valence-corrected chi connectivity index (χ3v) is 5.13. The van der Waals surface area contributed by atoms with Gasteiger partial charge in [-0.1, -0.05) is 42.5 Å². The minimum atomic E-state index is 0.525. The molecule has 1 nitrogen and oxygen atoms in total. The van der Waals surface area contributed by atoms with Crippen LogP contribution in [-0.4, -0.2) is 5.25 Å². The van der Waals surface area contributed by atoms with E-state index in [2.05, 4.69) is 72.1 Å². The average Bonchev–Trinajstić information content (AvgIpc) is 2.86. The van der Waals surface area contributed by atoms with Gasteiger partial charge in [0.05, 0.1) is 0 Å². The van der Waals surface area contributed by atoms with Crippen LogP contribution in [0.5, 0.6) is 0 Å². The largest absolute Gasteiger partial charge is 0.356 e. The predicted octanol–water partition coefficient (Wildman–Crippen LogP) is 5.11. The Labute approximate surface area is 123 Å². The van der Waals surface area contributed by atoms with E-state index in [1.165, 1.54) is 16.1 Å². The minimum absolute atomic E-state index is 0.525. The first kappa shape index (κ1) is 11.9. The number of rotatable bonds is 2. The van der Waals surface area contributed by atoms with Gasteiger partial charge in [-0.2, -0.15) is 0 Å². The van der Waals surface area contributed by atoms with Gasteiger partial charge in [-0.15, -0.1) is 11.8 Å². The van der Waals surface area contributed by atoms with Gasteiger partial charge in [-0.3, -0.25) is 0 Å². The maximum absolute atomic E-state index is 3.48. The summed E-state index contributed by atoms with van der Waals surface area (Å²) in [5.41, 5.74) is 3.74. The van der Waals surface area contributed by atoms with Gasteiger partial charge < -0.3 is 5.32 Å². The fraction of sp³-hybridized carbons (Fsp3) is 0.111. The highest BCUT2D eigenvalue weighted by atomic mass is 32.2. The third kappa shape index (κ3) is 2.06. The number of allylic oxidation sites excluding steroid dienone is 3. The lowest BCUT2D eigenvalue weighted by Gasteiger charge is -2.15. The lowest BCUT2D eigenvalue weighted by Crippen LogP contribution is -2.06. The van der Waals surface area contributed by atoms with Crippen molar-refractivity contribution >= 4 is 23.1 Å². The van der Waals surface area contributed by atoms with E-state index in [9.17, 15) is 0 Å². The Bertz CT molecular complexity index is 688. The van der Waals surface area contributed by atoms with Crippen molar-refractivity contribution in [1.82, 2.24) is 0 Å². The van der Waals surface area contributed by atoms with Crippen LogP contribution in [0.15, 0.2) is 77.7 Å². The van der Waals surface area contributed by atoms with Crippen molar-refractivity contribution in [3.05, 3.63) is 78.4 Å². The monoisotopic (exact) mass is 277 g/mol. The van der Waals surface area contributed by atoms with E-state index >= 15 is 0 Å². The molecule has 2 atom stereocenters. The Morgan fingerprint density at radius 3 is 2.60 bits per heavy atom. The van der Waals surface area contributed by atoms with Crippen LogP contribution in [0, 0.1) is 0 Å². The summed E-state index contributed by atoms with van der Waals surface area (Å²) in [7, 11) is 0. The molecule has 1 N–H and O–H groups in total. The molecule has 2 heteroatoms. The van der Waals surface area contributed by atoms with Crippen molar-refractivity contribution < 1.29 is 0 Å². The normalized spacial score (nSPS) is 22.4. The highest BCUT2D eigenvalue weighted by molar-refractivity contribution is 8.00. The van der Waals surface area contributed by atoms with E-state index in [4.69, 9.17) is 0 Å². The zero-order chi connectivity index (χ0) is 13.4. The zero-order valence-electron chi connectivity index (χ0n) is 11.0. The summed E-state index contributed by atoms with van der Waals surface area (Å²) in [6.45, 7) is 0. The Hall–Kier alpha value is -1.93. The molecule has 2 aromatic carbocycles. The van der Waals surface area contributed by atoms with Gasteiger partial charge in [0.25, 0.3) is 0 Å². The Morgan fingerprint density at radius 2 is 1.70 bits per heavy atom. The lowest BCUT2D eigenvalue weighted by atomic mass is 9.92. The van der Waals surface area contributed by atoms with Crippen molar-refractivity contribution in [3.63, 3.8) is 0 Å². The fourth-order valence-electron chi connectivity index (χ4n) is 2.81. The minimum Gasteiger partial charge on any atom is -0.356 e. The van der Waals surface area contributed by atoms with Crippen LogP contribution in [0.3, 0.4) is 0 Å². The number of hydrogen-bond acceptors (Lipinski definition) is 2. The number of anilines is 2. The van der Waals surface area contributed by atoms with Gasteiger partial charge in [0.15, 0.2) is 0 Å². The summed E-state index contributed by atoms with van der Waals surface area (Å²) < 4.78 is 0. The second kappa shape index (κ2) is 4.88.